The van der Waals surface area contributed by atoms with E-state index in [-0.39, 0.29) is 40.8 Å². The van der Waals surface area contributed by atoms with Gasteiger partial charge in [0, 0.05) is 5.56 Å². The zero-order valence-electron chi connectivity index (χ0n) is 19.3. The molecule has 2 saturated heterocycles. The Kier molecular flexibility index (Phi) is 5.77. The Morgan fingerprint density at radius 2 is 1.29 bits per heavy atom. The van der Waals surface area contributed by atoms with E-state index in [1.807, 2.05) is 18.2 Å². The second-order valence-electron chi connectivity index (χ2n) is 11.9. The van der Waals surface area contributed by atoms with Crippen LogP contribution < -0.4 is 0 Å². The number of rotatable bonds is 1. The van der Waals surface area contributed by atoms with Crippen molar-refractivity contribution in [1.82, 2.24) is 0 Å². The van der Waals surface area contributed by atoms with Gasteiger partial charge in [-0.25, -0.2) is 0 Å². The standard InChI is InChI=1S/C25H40O3/c1-23(2,3)18-19(24(4,5)6)21(25(7,8)9)27-17-15-26-22(28-20(17)18)16-13-11-10-12-14-16/h10-14,17-22H,15H2,1-9H3/t17?,18-,19?,20+,21-,22?/m1/s1. The van der Waals surface area contributed by atoms with Gasteiger partial charge in [-0.2, -0.15) is 0 Å². The number of hydrogen-bond acceptors (Lipinski definition) is 3. The Morgan fingerprint density at radius 3 is 1.79 bits per heavy atom. The van der Waals surface area contributed by atoms with E-state index in [2.05, 4.69) is 74.4 Å². The SMILES string of the molecule is CC(C)(C)C1[C@H](C(C)(C)C)OC2COC(c3ccccc3)O[C@@H]2[C@@H]1C(C)(C)C. The van der Waals surface area contributed by atoms with Gasteiger partial charge in [-0.05, 0) is 28.1 Å². The van der Waals surface area contributed by atoms with E-state index in [4.69, 9.17) is 14.2 Å². The molecule has 6 atom stereocenters. The summed E-state index contributed by atoms with van der Waals surface area (Å²) in [6.07, 6.45) is -0.144. The predicted molar refractivity (Wildman–Crippen MR) is 114 cm³/mol. The third-order valence-electron chi connectivity index (χ3n) is 6.37. The highest BCUT2D eigenvalue weighted by Gasteiger charge is 2.58. The largest absolute Gasteiger partial charge is 0.369 e. The van der Waals surface area contributed by atoms with E-state index >= 15 is 0 Å². The van der Waals surface area contributed by atoms with Crippen LogP contribution in [0, 0.1) is 28.1 Å². The molecule has 0 saturated carbocycles. The average Bonchev–Trinajstić information content (AvgIpc) is 2.58. The summed E-state index contributed by atoms with van der Waals surface area (Å²) in [7, 11) is 0. The molecule has 3 nitrogen and oxygen atoms in total. The molecule has 3 rings (SSSR count). The molecule has 0 radical (unpaired) electrons. The maximum atomic E-state index is 6.75. The van der Waals surface area contributed by atoms with Gasteiger partial charge < -0.3 is 14.2 Å². The summed E-state index contributed by atoms with van der Waals surface area (Å²) in [6, 6.07) is 10.3. The zero-order valence-corrected chi connectivity index (χ0v) is 19.3. The number of benzene rings is 1. The van der Waals surface area contributed by atoms with Crippen molar-refractivity contribution >= 4 is 0 Å². The molecule has 0 aliphatic carbocycles. The highest BCUT2D eigenvalue weighted by Crippen LogP contribution is 2.55. The van der Waals surface area contributed by atoms with E-state index in [1.165, 1.54) is 0 Å². The molecule has 3 heteroatoms. The minimum atomic E-state index is -0.317. The first-order valence-corrected chi connectivity index (χ1v) is 10.8. The van der Waals surface area contributed by atoms with Gasteiger partial charge in [0.15, 0.2) is 6.29 Å². The fraction of sp³-hybridized carbons (Fsp3) is 0.760. The molecule has 158 valence electrons. The van der Waals surface area contributed by atoms with Gasteiger partial charge in [-0.3, -0.25) is 0 Å². The monoisotopic (exact) mass is 388 g/mol. The third kappa shape index (κ3) is 4.32. The molecule has 28 heavy (non-hydrogen) atoms. The molecule has 0 bridgehead atoms. The summed E-state index contributed by atoms with van der Waals surface area (Å²) in [6.45, 7) is 21.6. The summed E-state index contributed by atoms with van der Waals surface area (Å²) >= 11 is 0. The Morgan fingerprint density at radius 1 is 0.714 bits per heavy atom. The molecule has 0 N–H and O–H groups in total. The lowest BCUT2D eigenvalue weighted by molar-refractivity contribution is -0.339. The average molecular weight is 389 g/mol. The first-order valence-electron chi connectivity index (χ1n) is 10.8. The summed E-state index contributed by atoms with van der Waals surface area (Å²) in [5.74, 6) is 0.772. The highest BCUT2D eigenvalue weighted by atomic mass is 16.7. The van der Waals surface area contributed by atoms with Crippen molar-refractivity contribution in [2.75, 3.05) is 6.61 Å². The Balaban J connectivity index is 2.01. The molecule has 2 aliphatic rings. The van der Waals surface area contributed by atoms with E-state index in [0.717, 1.165) is 5.56 Å². The van der Waals surface area contributed by atoms with Gasteiger partial charge in [0.2, 0.25) is 0 Å². The Labute approximate surface area is 172 Å². The minimum absolute atomic E-state index is 0.0213. The minimum Gasteiger partial charge on any atom is -0.369 e. The summed E-state index contributed by atoms with van der Waals surface area (Å²) < 4.78 is 19.5. The van der Waals surface area contributed by atoms with E-state index in [0.29, 0.717) is 18.4 Å². The molecular weight excluding hydrogens is 348 g/mol. The quantitative estimate of drug-likeness (QED) is 0.570. The number of ether oxygens (including phenoxy) is 3. The van der Waals surface area contributed by atoms with Crippen LogP contribution in [-0.2, 0) is 14.2 Å². The molecule has 0 aromatic heterocycles. The Hall–Kier alpha value is -0.900. The summed E-state index contributed by atoms with van der Waals surface area (Å²) in [5, 5.41) is 0. The van der Waals surface area contributed by atoms with Crippen LogP contribution in [0.1, 0.15) is 74.2 Å². The first kappa shape index (κ1) is 21.8. The van der Waals surface area contributed by atoms with Crippen molar-refractivity contribution in [3.8, 4) is 0 Å². The first-order chi connectivity index (χ1) is 12.8. The van der Waals surface area contributed by atoms with Crippen LogP contribution in [0.5, 0.6) is 0 Å². The molecular formula is C25H40O3. The van der Waals surface area contributed by atoms with Crippen LogP contribution in [0.25, 0.3) is 0 Å². The van der Waals surface area contributed by atoms with Gasteiger partial charge in [-0.15, -0.1) is 0 Å². The van der Waals surface area contributed by atoms with Gasteiger partial charge in [-0.1, -0.05) is 92.6 Å². The lowest BCUT2D eigenvalue weighted by atomic mass is 9.55. The van der Waals surface area contributed by atoms with Crippen molar-refractivity contribution in [3.63, 3.8) is 0 Å². The van der Waals surface area contributed by atoms with Gasteiger partial charge >= 0.3 is 0 Å². The lowest BCUT2D eigenvalue weighted by Gasteiger charge is -2.59. The van der Waals surface area contributed by atoms with Crippen molar-refractivity contribution in [2.24, 2.45) is 28.1 Å². The molecule has 1 aromatic rings. The van der Waals surface area contributed by atoms with Crippen molar-refractivity contribution in [3.05, 3.63) is 35.9 Å². The van der Waals surface area contributed by atoms with Crippen molar-refractivity contribution in [2.45, 2.75) is 86.9 Å². The van der Waals surface area contributed by atoms with Gasteiger partial charge in [0.25, 0.3) is 0 Å². The molecule has 1 aromatic carbocycles. The van der Waals surface area contributed by atoms with Gasteiger partial charge in [0.1, 0.15) is 6.10 Å². The molecule has 2 heterocycles. The third-order valence-corrected chi connectivity index (χ3v) is 6.37. The molecule has 3 unspecified atom stereocenters. The maximum absolute atomic E-state index is 6.75. The van der Waals surface area contributed by atoms with Crippen LogP contribution in [0.4, 0.5) is 0 Å². The van der Waals surface area contributed by atoms with Crippen LogP contribution in [0.2, 0.25) is 0 Å². The van der Waals surface area contributed by atoms with Crippen LogP contribution in [0.15, 0.2) is 30.3 Å². The molecule has 2 aliphatic heterocycles. The van der Waals surface area contributed by atoms with Crippen molar-refractivity contribution < 1.29 is 14.2 Å². The summed E-state index contributed by atoms with van der Waals surface area (Å²) in [5.41, 5.74) is 1.36. The number of fused-ring (bicyclic) bond motifs is 1. The van der Waals surface area contributed by atoms with Crippen LogP contribution >= 0.6 is 0 Å². The maximum Gasteiger partial charge on any atom is 0.184 e. The van der Waals surface area contributed by atoms with Crippen LogP contribution in [-0.4, -0.2) is 24.9 Å². The van der Waals surface area contributed by atoms with Gasteiger partial charge in [0.05, 0.1) is 18.8 Å². The van der Waals surface area contributed by atoms with Crippen LogP contribution in [0.3, 0.4) is 0 Å². The number of hydrogen-bond donors (Lipinski definition) is 0. The fourth-order valence-corrected chi connectivity index (χ4v) is 5.20. The molecule has 2 fully saturated rings. The zero-order chi connectivity index (χ0) is 20.9. The van der Waals surface area contributed by atoms with E-state index in [9.17, 15) is 0 Å². The fourth-order valence-electron chi connectivity index (χ4n) is 5.20. The smallest absolute Gasteiger partial charge is 0.184 e. The van der Waals surface area contributed by atoms with E-state index in [1.54, 1.807) is 0 Å². The molecule has 0 spiro atoms. The summed E-state index contributed by atoms with van der Waals surface area (Å²) in [4.78, 5) is 0. The van der Waals surface area contributed by atoms with Crippen molar-refractivity contribution in [1.29, 1.82) is 0 Å². The predicted octanol–water partition coefficient (Wildman–Crippen LogP) is 6.24. The van der Waals surface area contributed by atoms with E-state index < -0.39 is 0 Å². The topological polar surface area (TPSA) is 27.7 Å². The molecule has 0 amide bonds. The second-order valence-corrected chi connectivity index (χ2v) is 11.9. The normalized spacial score (nSPS) is 34.8. The highest BCUT2D eigenvalue weighted by molar-refractivity contribution is 5.17. The second kappa shape index (κ2) is 7.41. The lowest BCUT2D eigenvalue weighted by Crippen LogP contribution is -2.64. The Bertz CT molecular complexity index is 647.